The normalized spacial score (nSPS) is 17.2. The average Bonchev–Trinajstić information content (AvgIpc) is 3.46. The quantitative estimate of drug-likeness (QED) is 0.700. The Morgan fingerprint density at radius 2 is 1.46 bits per heavy atom. The van der Waals surface area contributed by atoms with E-state index >= 15 is 0 Å². The Morgan fingerprint density at radius 1 is 0.962 bits per heavy atom. The molecule has 0 unspecified atom stereocenters. The molecular formula is C18H25N3O4S. The monoisotopic (exact) mass is 379 g/mol. The van der Waals surface area contributed by atoms with Gasteiger partial charge < -0.3 is 10.6 Å². The number of aryl methyl sites for hydroxylation is 2. The Morgan fingerprint density at radius 3 is 1.88 bits per heavy atom. The van der Waals surface area contributed by atoms with E-state index in [1.807, 2.05) is 13.8 Å². The average molecular weight is 379 g/mol. The van der Waals surface area contributed by atoms with Crippen molar-refractivity contribution in [2.24, 2.45) is 0 Å². The second-order valence-corrected chi connectivity index (χ2v) is 9.14. The van der Waals surface area contributed by atoms with Gasteiger partial charge in [-0.3, -0.25) is 9.59 Å². The zero-order chi connectivity index (χ0) is 18.9. The number of rotatable bonds is 8. The lowest BCUT2D eigenvalue weighted by Gasteiger charge is -2.22. The molecule has 0 bridgehead atoms. The van der Waals surface area contributed by atoms with Gasteiger partial charge in [-0.05, 0) is 62.8 Å². The van der Waals surface area contributed by atoms with Crippen molar-refractivity contribution in [3.8, 4) is 0 Å². The van der Waals surface area contributed by atoms with Gasteiger partial charge in [-0.25, -0.2) is 8.42 Å². The van der Waals surface area contributed by atoms with Gasteiger partial charge in [0.25, 0.3) is 0 Å². The summed E-state index contributed by atoms with van der Waals surface area (Å²) < 4.78 is 27.0. The second-order valence-electron chi connectivity index (χ2n) is 7.20. The Kier molecular flexibility index (Phi) is 5.34. The molecule has 2 aliphatic carbocycles. The zero-order valence-electron chi connectivity index (χ0n) is 15.1. The molecule has 0 heterocycles. The van der Waals surface area contributed by atoms with Crippen molar-refractivity contribution < 1.29 is 18.0 Å². The van der Waals surface area contributed by atoms with Crippen LogP contribution in [-0.4, -0.2) is 49.7 Å². The lowest BCUT2D eigenvalue weighted by atomic mass is 10.1. The Labute approximate surface area is 154 Å². The van der Waals surface area contributed by atoms with E-state index in [0.717, 1.165) is 41.1 Å². The number of hydrogen-bond acceptors (Lipinski definition) is 4. The number of benzene rings is 1. The summed E-state index contributed by atoms with van der Waals surface area (Å²) in [6.45, 7) is 3.02. The van der Waals surface area contributed by atoms with E-state index in [0.29, 0.717) is 0 Å². The molecule has 1 aromatic carbocycles. The summed E-state index contributed by atoms with van der Waals surface area (Å²) in [7, 11) is -3.95. The van der Waals surface area contributed by atoms with Crippen molar-refractivity contribution in [1.82, 2.24) is 14.9 Å². The van der Waals surface area contributed by atoms with E-state index < -0.39 is 10.0 Å². The number of hydrogen-bond donors (Lipinski definition) is 2. The fourth-order valence-electron chi connectivity index (χ4n) is 2.57. The van der Waals surface area contributed by atoms with E-state index in [4.69, 9.17) is 0 Å². The van der Waals surface area contributed by atoms with Crippen LogP contribution >= 0.6 is 0 Å². The van der Waals surface area contributed by atoms with Gasteiger partial charge in [0.2, 0.25) is 21.8 Å². The summed E-state index contributed by atoms with van der Waals surface area (Å²) in [5, 5.41) is 5.56. The highest BCUT2D eigenvalue weighted by Crippen LogP contribution is 2.22. The van der Waals surface area contributed by atoms with Gasteiger partial charge in [-0.2, -0.15) is 4.31 Å². The van der Waals surface area contributed by atoms with Gasteiger partial charge in [0.15, 0.2) is 0 Å². The molecule has 0 radical (unpaired) electrons. The molecule has 0 aromatic heterocycles. The Hall–Kier alpha value is -1.93. The number of nitrogens with one attached hydrogen (secondary N) is 2. The first-order chi connectivity index (χ1) is 12.3. The maximum atomic E-state index is 13.0. The summed E-state index contributed by atoms with van der Waals surface area (Å²) in [6.07, 6.45) is 3.66. The Bertz CT molecular complexity index is 786. The third kappa shape index (κ3) is 4.82. The second kappa shape index (κ2) is 7.36. The molecule has 0 aliphatic heterocycles. The molecule has 2 amide bonds. The standard InChI is InChI=1S/C18H25N3O4S/c1-12-3-8-16(9-13(12)2)26(24,25)21(10-17(22)19-14-4-5-14)11-18(23)20-15-6-7-15/h3,8-9,14-15H,4-7,10-11H2,1-2H3,(H,19,22)(H,20,23). The van der Waals surface area contributed by atoms with Crippen LogP contribution in [0.25, 0.3) is 0 Å². The number of carbonyl (C=O) groups excluding carboxylic acids is 2. The largest absolute Gasteiger partial charge is 0.352 e. The summed E-state index contributed by atoms with van der Waals surface area (Å²) in [4.78, 5) is 24.4. The lowest BCUT2D eigenvalue weighted by Crippen LogP contribution is -2.46. The molecule has 0 spiro atoms. The molecule has 2 N–H and O–H groups in total. The molecule has 3 rings (SSSR count). The number of carbonyl (C=O) groups is 2. The van der Waals surface area contributed by atoms with Crippen molar-refractivity contribution in [3.05, 3.63) is 29.3 Å². The Balaban J connectivity index is 1.79. The first kappa shape index (κ1) is 18.8. The van der Waals surface area contributed by atoms with E-state index in [9.17, 15) is 18.0 Å². The first-order valence-corrected chi connectivity index (χ1v) is 10.4. The maximum absolute atomic E-state index is 13.0. The highest BCUT2D eigenvalue weighted by molar-refractivity contribution is 7.89. The summed E-state index contributed by atoms with van der Waals surface area (Å²) in [6, 6.07) is 5.09. The summed E-state index contributed by atoms with van der Waals surface area (Å²) >= 11 is 0. The molecule has 26 heavy (non-hydrogen) atoms. The molecule has 142 valence electrons. The topological polar surface area (TPSA) is 95.6 Å². The predicted octanol–water partition coefficient (Wildman–Crippen LogP) is 0.851. The summed E-state index contributed by atoms with van der Waals surface area (Å²) in [5.41, 5.74) is 1.82. The molecule has 8 heteroatoms. The minimum atomic E-state index is -3.95. The van der Waals surface area contributed by atoms with E-state index in [2.05, 4.69) is 10.6 Å². The van der Waals surface area contributed by atoms with Crippen molar-refractivity contribution in [2.75, 3.05) is 13.1 Å². The van der Waals surface area contributed by atoms with Gasteiger partial charge in [-0.15, -0.1) is 0 Å². The molecular weight excluding hydrogens is 354 g/mol. The smallest absolute Gasteiger partial charge is 0.244 e. The van der Waals surface area contributed by atoms with Crippen LogP contribution in [0.2, 0.25) is 0 Å². The molecule has 2 saturated carbocycles. The SMILES string of the molecule is Cc1ccc(S(=O)(=O)N(CC(=O)NC2CC2)CC(=O)NC2CC2)cc1C. The van der Waals surface area contributed by atoms with E-state index in [1.165, 1.54) is 6.07 Å². The molecule has 2 aliphatic rings. The van der Waals surface area contributed by atoms with E-state index in [1.54, 1.807) is 12.1 Å². The highest BCUT2D eigenvalue weighted by Gasteiger charge is 2.32. The van der Waals surface area contributed by atoms with Crippen LogP contribution in [-0.2, 0) is 19.6 Å². The van der Waals surface area contributed by atoms with Crippen LogP contribution in [0, 0.1) is 13.8 Å². The fourth-order valence-corrected chi connectivity index (χ4v) is 4.01. The third-order valence-corrected chi connectivity index (χ3v) is 6.43. The predicted molar refractivity (Wildman–Crippen MR) is 97.0 cm³/mol. The third-order valence-electron chi connectivity index (χ3n) is 4.64. The van der Waals surface area contributed by atoms with Gasteiger partial charge in [0.05, 0.1) is 18.0 Å². The molecule has 2 fully saturated rings. The maximum Gasteiger partial charge on any atom is 0.244 e. The zero-order valence-corrected chi connectivity index (χ0v) is 15.9. The minimum absolute atomic E-state index is 0.0963. The molecule has 0 atom stereocenters. The van der Waals surface area contributed by atoms with Crippen LogP contribution in [0.4, 0.5) is 0 Å². The molecule has 0 saturated heterocycles. The van der Waals surface area contributed by atoms with Crippen LogP contribution in [0.3, 0.4) is 0 Å². The van der Waals surface area contributed by atoms with Gasteiger partial charge >= 0.3 is 0 Å². The van der Waals surface area contributed by atoms with Crippen LogP contribution in [0.15, 0.2) is 23.1 Å². The van der Waals surface area contributed by atoms with Crippen LogP contribution in [0.5, 0.6) is 0 Å². The number of amides is 2. The van der Waals surface area contributed by atoms with Gasteiger partial charge in [0, 0.05) is 12.1 Å². The van der Waals surface area contributed by atoms with Crippen molar-refractivity contribution in [2.45, 2.75) is 56.5 Å². The summed E-state index contributed by atoms with van der Waals surface area (Å²) in [5.74, 6) is -0.752. The number of sulfonamides is 1. The molecule has 1 aromatic rings. The van der Waals surface area contributed by atoms with Crippen molar-refractivity contribution in [1.29, 1.82) is 0 Å². The van der Waals surface area contributed by atoms with Crippen molar-refractivity contribution in [3.63, 3.8) is 0 Å². The number of nitrogens with zero attached hydrogens (tertiary/aromatic N) is 1. The fraction of sp³-hybridized carbons (Fsp3) is 0.556. The molecule has 7 nitrogen and oxygen atoms in total. The van der Waals surface area contributed by atoms with E-state index in [-0.39, 0.29) is 41.9 Å². The first-order valence-electron chi connectivity index (χ1n) is 8.92. The van der Waals surface area contributed by atoms with Gasteiger partial charge in [0.1, 0.15) is 0 Å². The minimum Gasteiger partial charge on any atom is -0.352 e. The van der Waals surface area contributed by atoms with Gasteiger partial charge in [-0.1, -0.05) is 6.07 Å². The highest BCUT2D eigenvalue weighted by atomic mass is 32.2. The lowest BCUT2D eigenvalue weighted by molar-refractivity contribution is -0.123. The van der Waals surface area contributed by atoms with Crippen molar-refractivity contribution >= 4 is 21.8 Å². The van der Waals surface area contributed by atoms with Crippen LogP contribution < -0.4 is 10.6 Å². The van der Waals surface area contributed by atoms with Crippen LogP contribution in [0.1, 0.15) is 36.8 Å².